The summed E-state index contributed by atoms with van der Waals surface area (Å²) in [5.41, 5.74) is 6.47. The zero-order valence-corrected chi connectivity index (χ0v) is 12.4. The van der Waals surface area contributed by atoms with Crippen LogP contribution in [0.3, 0.4) is 0 Å². The van der Waals surface area contributed by atoms with Crippen LogP contribution in [0.2, 0.25) is 0 Å². The quantitative estimate of drug-likeness (QED) is 0.673. The largest absolute Gasteiger partial charge is 0.354 e. The first-order valence-electron chi connectivity index (χ1n) is 6.50. The van der Waals surface area contributed by atoms with Crippen molar-refractivity contribution in [3.8, 4) is 0 Å². The zero-order valence-electron chi connectivity index (χ0n) is 11.6. The van der Waals surface area contributed by atoms with E-state index in [2.05, 4.69) is 10.6 Å². The minimum Gasteiger partial charge on any atom is -0.354 e. The lowest BCUT2D eigenvalue weighted by Gasteiger charge is -2.11. The van der Waals surface area contributed by atoms with Gasteiger partial charge in [0.15, 0.2) is 0 Å². The van der Waals surface area contributed by atoms with E-state index < -0.39 is 6.04 Å². The summed E-state index contributed by atoms with van der Waals surface area (Å²) >= 11 is 1.65. The van der Waals surface area contributed by atoms with Crippen LogP contribution in [0.15, 0.2) is 30.3 Å². The van der Waals surface area contributed by atoms with E-state index in [1.165, 1.54) is 0 Å². The number of nitrogens with two attached hydrogens (primary N) is 1. The van der Waals surface area contributed by atoms with Crippen molar-refractivity contribution in [2.45, 2.75) is 18.9 Å². The lowest BCUT2D eigenvalue weighted by molar-refractivity contribution is -0.122. The summed E-state index contributed by atoms with van der Waals surface area (Å²) < 4.78 is 0. The van der Waals surface area contributed by atoms with Crippen LogP contribution in [0.4, 0.5) is 5.69 Å². The molecule has 6 heteroatoms. The Labute approximate surface area is 123 Å². The van der Waals surface area contributed by atoms with Crippen molar-refractivity contribution in [3.05, 3.63) is 30.3 Å². The van der Waals surface area contributed by atoms with Gasteiger partial charge in [-0.25, -0.2) is 0 Å². The fourth-order valence-corrected chi connectivity index (χ4v) is 2.04. The van der Waals surface area contributed by atoms with Gasteiger partial charge in [0.1, 0.15) is 0 Å². The van der Waals surface area contributed by atoms with Crippen LogP contribution in [0.5, 0.6) is 0 Å². The van der Waals surface area contributed by atoms with Crippen LogP contribution in [-0.2, 0) is 9.59 Å². The Bertz CT molecular complexity index is 426. The molecule has 110 valence electrons. The molecule has 0 aliphatic carbocycles. The number of nitrogens with one attached hydrogen (secondary N) is 2. The molecule has 0 aliphatic rings. The molecule has 0 saturated heterocycles. The highest BCUT2D eigenvalue weighted by Gasteiger charge is 2.12. The Balaban J connectivity index is 2.20. The SMILES string of the molecule is CSCC[C@H](N)C(=O)NCCC(=O)Nc1ccccc1. The van der Waals surface area contributed by atoms with Gasteiger partial charge in [-0.3, -0.25) is 9.59 Å². The number of para-hydroxylation sites is 1. The molecule has 1 atom stereocenters. The minimum absolute atomic E-state index is 0.130. The van der Waals surface area contributed by atoms with Gasteiger partial charge in [0.05, 0.1) is 6.04 Å². The number of rotatable bonds is 8. The Morgan fingerprint density at radius 3 is 2.65 bits per heavy atom. The van der Waals surface area contributed by atoms with Crippen LogP contribution < -0.4 is 16.4 Å². The van der Waals surface area contributed by atoms with Crippen molar-refractivity contribution < 1.29 is 9.59 Å². The molecular weight excluding hydrogens is 274 g/mol. The van der Waals surface area contributed by atoms with Crippen LogP contribution >= 0.6 is 11.8 Å². The summed E-state index contributed by atoms with van der Waals surface area (Å²) in [4.78, 5) is 23.3. The Morgan fingerprint density at radius 1 is 1.30 bits per heavy atom. The highest BCUT2D eigenvalue weighted by molar-refractivity contribution is 7.98. The number of hydrogen-bond donors (Lipinski definition) is 3. The molecule has 1 aromatic carbocycles. The fraction of sp³-hybridized carbons (Fsp3) is 0.429. The number of anilines is 1. The van der Waals surface area contributed by atoms with Gasteiger partial charge in [0.25, 0.3) is 0 Å². The summed E-state index contributed by atoms with van der Waals surface area (Å²) in [6.07, 6.45) is 2.84. The first kappa shape index (κ1) is 16.5. The van der Waals surface area contributed by atoms with Gasteiger partial charge in [0.2, 0.25) is 11.8 Å². The standard InChI is InChI=1S/C14H21N3O2S/c1-20-10-8-12(15)14(19)16-9-7-13(18)17-11-5-3-2-4-6-11/h2-6,12H,7-10,15H2,1H3,(H,16,19)(H,17,18)/t12-/m0/s1. The predicted octanol–water partition coefficient (Wildman–Crippen LogP) is 1.21. The topological polar surface area (TPSA) is 84.2 Å². The maximum atomic E-state index is 11.6. The Hall–Kier alpha value is -1.53. The van der Waals surface area contributed by atoms with Gasteiger partial charge in [-0.2, -0.15) is 11.8 Å². The third-order valence-corrected chi connectivity index (χ3v) is 3.32. The lowest BCUT2D eigenvalue weighted by Crippen LogP contribution is -2.41. The van der Waals surface area contributed by atoms with E-state index in [9.17, 15) is 9.59 Å². The zero-order chi connectivity index (χ0) is 14.8. The van der Waals surface area contributed by atoms with Crippen molar-refractivity contribution >= 4 is 29.3 Å². The number of carbonyl (C=O) groups is 2. The van der Waals surface area contributed by atoms with Gasteiger partial charge in [-0.1, -0.05) is 18.2 Å². The normalized spacial score (nSPS) is 11.7. The molecule has 20 heavy (non-hydrogen) atoms. The van der Waals surface area contributed by atoms with Crippen LogP contribution in [-0.4, -0.2) is 36.4 Å². The van der Waals surface area contributed by atoms with E-state index in [1.807, 2.05) is 36.6 Å². The molecule has 0 aliphatic heterocycles. The van der Waals surface area contributed by atoms with Crippen molar-refractivity contribution in [1.82, 2.24) is 5.32 Å². The Morgan fingerprint density at radius 2 is 2.00 bits per heavy atom. The van der Waals surface area contributed by atoms with Crippen molar-refractivity contribution in [2.24, 2.45) is 5.73 Å². The average molecular weight is 295 g/mol. The number of thioether (sulfide) groups is 1. The highest BCUT2D eigenvalue weighted by Crippen LogP contribution is 2.05. The van der Waals surface area contributed by atoms with Gasteiger partial charge < -0.3 is 16.4 Å². The van der Waals surface area contributed by atoms with E-state index in [4.69, 9.17) is 5.73 Å². The van der Waals surface area contributed by atoms with E-state index in [1.54, 1.807) is 11.8 Å². The average Bonchev–Trinajstić information content (AvgIpc) is 2.45. The monoisotopic (exact) mass is 295 g/mol. The predicted molar refractivity (Wildman–Crippen MR) is 83.7 cm³/mol. The second kappa shape index (κ2) is 9.39. The molecule has 0 bridgehead atoms. The third-order valence-electron chi connectivity index (χ3n) is 2.68. The van der Waals surface area contributed by atoms with Gasteiger partial charge in [-0.15, -0.1) is 0 Å². The Kier molecular flexibility index (Phi) is 7.75. The van der Waals surface area contributed by atoms with Crippen molar-refractivity contribution in [1.29, 1.82) is 0 Å². The van der Waals surface area contributed by atoms with Crippen molar-refractivity contribution in [3.63, 3.8) is 0 Å². The second-order valence-corrected chi connectivity index (χ2v) is 5.33. The van der Waals surface area contributed by atoms with Gasteiger partial charge in [0, 0.05) is 18.7 Å². The first-order chi connectivity index (χ1) is 9.63. The molecule has 0 radical (unpaired) electrons. The lowest BCUT2D eigenvalue weighted by atomic mass is 10.2. The summed E-state index contributed by atoms with van der Waals surface area (Å²) in [5, 5.41) is 5.43. The summed E-state index contributed by atoms with van der Waals surface area (Å²) in [5.74, 6) is 0.518. The van der Waals surface area contributed by atoms with Crippen LogP contribution in [0.1, 0.15) is 12.8 Å². The number of benzene rings is 1. The third kappa shape index (κ3) is 6.58. The molecule has 0 fully saturated rings. The summed E-state index contributed by atoms with van der Waals surface area (Å²) in [7, 11) is 0. The number of hydrogen-bond acceptors (Lipinski definition) is 4. The highest BCUT2D eigenvalue weighted by atomic mass is 32.2. The maximum Gasteiger partial charge on any atom is 0.236 e. The van der Waals surface area contributed by atoms with Gasteiger partial charge >= 0.3 is 0 Å². The van der Waals surface area contributed by atoms with Crippen LogP contribution in [0.25, 0.3) is 0 Å². The minimum atomic E-state index is -0.500. The molecule has 4 N–H and O–H groups in total. The fourth-order valence-electron chi connectivity index (χ4n) is 1.55. The van der Waals surface area contributed by atoms with Gasteiger partial charge in [-0.05, 0) is 30.6 Å². The van der Waals surface area contributed by atoms with E-state index in [-0.39, 0.29) is 18.2 Å². The molecule has 0 unspecified atom stereocenters. The molecular formula is C14H21N3O2S. The molecule has 1 rings (SSSR count). The molecule has 2 amide bonds. The molecule has 0 spiro atoms. The number of amides is 2. The molecule has 0 aromatic heterocycles. The summed E-state index contributed by atoms with van der Waals surface area (Å²) in [6.45, 7) is 0.296. The molecule has 0 heterocycles. The maximum absolute atomic E-state index is 11.6. The summed E-state index contributed by atoms with van der Waals surface area (Å²) in [6, 6.07) is 8.71. The smallest absolute Gasteiger partial charge is 0.236 e. The second-order valence-electron chi connectivity index (χ2n) is 4.34. The van der Waals surface area contributed by atoms with E-state index >= 15 is 0 Å². The van der Waals surface area contributed by atoms with E-state index in [0.29, 0.717) is 13.0 Å². The molecule has 1 aromatic rings. The van der Waals surface area contributed by atoms with Crippen molar-refractivity contribution in [2.75, 3.05) is 23.9 Å². The molecule has 0 saturated carbocycles. The van der Waals surface area contributed by atoms with Crippen LogP contribution in [0, 0.1) is 0 Å². The first-order valence-corrected chi connectivity index (χ1v) is 7.90. The molecule has 5 nitrogen and oxygen atoms in total. The number of carbonyl (C=O) groups excluding carboxylic acids is 2. The van der Waals surface area contributed by atoms with E-state index in [0.717, 1.165) is 11.4 Å².